The van der Waals surface area contributed by atoms with Crippen LogP contribution in [0.2, 0.25) is 0 Å². The third-order valence-electron chi connectivity index (χ3n) is 4.43. The van der Waals surface area contributed by atoms with Crippen LogP contribution in [0.5, 0.6) is 11.5 Å². The molecule has 0 saturated carbocycles. The van der Waals surface area contributed by atoms with E-state index in [0.717, 1.165) is 58.7 Å². The highest BCUT2D eigenvalue weighted by atomic mass is 79.9. The first-order valence-electron chi connectivity index (χ1n) is 9.99. The van der Waals surface area contributed by atoms with E-state index in [-0.39, 0.29) is 12.5 Å². The average molecular weight is 489 g/mol. The van der Waals surface area contributed by atoms with Crippen LogP contribution in [0.1, 0.15) is 32.3 Å². The minimum absolute atomic E-state index is 0.0622. The molecule has 0 fully saturated rings. The maximum atomic E-state index is 12.3. The van der Waals surface area contributed by atoms with Gasteiger partial charge in [-0.2, -0.15) is 0 Å². The summed E-state index contributed by atoms with van der Waals surface area (Å²) in [5, 5.41) is 5.28. The lowest BCUT2D eigenvalue weighted by molar-refractivity contribution is -0.118. The fourth-order valence-electron chi connectivity index (χ4n) is 2.78. The molecule has 0 saturated heterocycles. The Balaban J connectivity index is 1.54. The van der Waals surface area contributed by atoms with E-state index in [0.29, 0.717) is 5.13 Å². The number of carbonyl (C=O) groups is 1. The van der Waals surface area contributed by atoms with Gasteiger partial charge in [0.25, 0.3) is 5.91 Å². The summed E-state index contributed by atoms with van der Waals surface area (Å²) in [6.45, 7) is 4.86. The second kappa shape index (κ2) is 11.1. The molecule has 0 radical (unpaired) electrons. The number of carbonyl (C=O) groups excluding carboxylic acids is 1. The monoisotopic (exact) mass is 488 g/mol. The van der Waals surface area contributed by atoms with Crippen molar-refractivity contribution in [2.24, 2.45) is 0 Å². The molecule has 30 heavy (non-hydrogen) atoms. The van der Waals surface area contributed by atoms with Crippen LogP contribution in [-0.2, 0) is 11.2 Å². The number of aromatic nitrogens is 1. The van der Waals surface area contributed by atoms with Crippen LogP contribution < -0.4 is 14.8 Å². The number of hydrogen-bond acceptors (Lipinski definition) is 5. The largest absolute Gasteiger partial charge is 0.494 e. The number of nitrogens with one attached hydrogen (secondary N) is 1. The standard InChI is InChI=1S/C23H25BrN2O3S/c1-3-5-12-28-19-9-6-17(7-10-19)20-15-30-23(25-20)26-22(27)14-29-21-11-8-18(24)13-16(21)4-2/h6-11,13,15H,3-5,12,14H2,1-2H3,(H,25,26,27). The smallest absolute Gasteiger partial charge is 0.264 e. The van der Waals surface area contributed by atoms with E-state index in [4.69, 9.17) is 9.47 Å². The van der Waals surface area contributed by atoms with E-state index in [1.807, 2.05) is 47.8 Å². The lowest BCUT2D eigenvalue weighted by atomic mass is 10.1. The van der Waals surface area contributed by atoms with Gasteiger partial charge in [-0.05, 0) is 60.9 Å². The highest BCUT2D eigenvalue weighted by Crippen LogP contribution is 2.27. The topological polar surface area (TPSA) is 60.5 Å². The van der Waals surface area contributed by atoms with Gasteiger partial charge in [0.05, 0.1) is 12.3 Å². The van der Waals surface area contributed by atoms with Crippen LogP contribution >= 0.6 is 27.3 Å². The van der Waals surface area contributed by atoms with Gasteiger partial charge in [-0.3, -0.25) is 10.1 Å². The lowest BCUT2D eigenvalue weighted by Gasteiger charge is -2.10. The van der Waals surface area contributed by atoms with Crippen molar-refractivity contribution in [3.63, 3.8) is 0 Å². The second-order valence-electron chi connectivity index (χ2n) is 6.71. The van der Waals surface area contributed by atoms with Gasteiger partial charge in [0.1, 0.15) is 11.5 Å². The Morgan fingerprint density at radius 1 is 1.13 bits per heavy atom. The maximum Gasteiger partial charge on any atom is 0.264 e. The summed E-state index contributed by atoms with van der Waals surface area (Å²) >= 11 is 4.84. The average Bonchev–Trinajstić information content (AvgIpc) is 3.21. The third-order valence-corrected chi connectivity index (χ3v) is 5.68. The van der Waals surface area contributed by atoms with E-state index < -0.39 is 0 Å². The molecule has 0 spiro atoms. The molecular formula is C23H25BrN2O3S. The predicted octanol–water partition coefficient (Wildman–Crippen LogP) is 6.33. The SMILES string of the molecule is CCCCOc1ccc(-c2csc(NC(=O)COc3ccc(Br)cc3CC)n2)cc1. The van der Waals surface area contributed by atoms with Gasteiger partial charge >= 0.3 is 0 Å². The van der Waals surface area contributed by atoms with Crippen molar-refractivity contribution in [3.8, 4) is 22.8 Å². The molecule has 1 amide bonds. The maximum absolute atomic E-state index is 12.3. The van der Waals surface area contributed by atoms with E-state index in [2.05, 4.69) is 40.1 Å². The van der Waals surface area contributed by atoms with Crippen LogP contribution in [0.4, 0.5) is 5.13 Å². The molecule has 0 unspecified atom stereocenters. The van der Waals surface area contributed by atoms with Crippen molar-refractivity contribution in [2.75, 3.05) is 18.5 Å². The molecule has 1 N–H and O–H groups in total. The summed E-state index contributed by atoms with van der Waals surface area (Å²) in [5.41, 5.74) is 2.85. The van der Waals surface area contributed by atoms with E-state index in [9.17, 15) is 4.79 Å². The Hall–Kier alpha value is -2.38. The highest BCUT2D eigenvalue weighted by molar-refractivity contribution is 9.10. The van der Waals surface area contributed by atoms with Crippen molar-refractivity contribution in [1.82, 2.24) is 4.98 Å². The number of ether oxygens (including phenoxy) is 2. The lowest BCUT2D eigenvalue weighted by Crippen LogP contribution is -2.20. The zero-order valence-electron chi connectivity index (χ0n) is 17.1. The van der Waals surface area contributed by atoms with Crippen LogP contribution in [0.25, 0.3) is 11.3 Å². The van der Waals surface area contributed by atoms with Gasteiger partial charge < -0.3 is 9.47 Å². The molecule has 0 aliphatic rings. The molecule has 0 aliphatic carbocycles. The molecule has 3 rings (SSSR count). The quantitative estimate of drug-likeness (QED) is 0.338. The molecular weight excluding hydrogens is 464 g/mol. The Morgan fingerprint density at radius 3 is 2.67 bits per heavy atom. The van der Waals surface area contributed by atoms with Crippen LogP contribution in [0.15, 0.2) is 52.3 Å². The second-order valence-corrected chi connectivity index (χ2v) is 8.48. The molecule has 7 heteroatoms. The van der Waals surface area contributed by atoms with Gasteiger partial charge in [0.15, 0.2) is 11.7 Å². The van der Waals surface area contributed by atoms with Crippen molar-refractivity contribution in [2.45, 2.75) is 33.1 Å². The summed E-state index contributed by atoms with van der Waals surface area (Å²) in [6.07, 6.45) is 2.98. The van der Waals surface area contributed by atoms with Gasteiger partial charge in [-0.25, -0.2) is 4.98 Å². The number of thiazole rings is 1. The molecule has 5 nitrogen and oxygen atoms in total. The zero-order chi connectivity index (χ0) is 21.3. The van der Waals surface area contributed by atoms with Crippen LogP contribution in [-0.4, -0.2) is 24.1 Å². The van der Waals surface area contributed by atoms with Gasteiger partial charge in [0.2, 0.25) is 0 Å². The Bertz CT molecular complexity index is 973. The first-order chi connectivity index (χ1) is 14.6. The number of halogens is 1. The number of rotatable bonds is 10. The number of amides is 1. The zero-order valence-corrected chi connectivity index (χ0v) is 19.5. The highest BCUT2D eigenvalue weighted by Gasteiger charge is 2.10. The molecule has 0 bridgehead atoms. The number of hydrogen-bond donors (Lipinski definition) is 1. The summed E-state index contributed by atoms with van der Waals surface area (Å²) in [7, 11) is 0. The number of benzene rings is 2. The third kappa shape index (κ3) is 6.31. The Morgan fingerprint density at radius 2 is 1.93 bits per heavy atom. The van der Waals surface area contributed by atoms with E-state index >= 15 is 0 Å². The predicted molar refractivity (Wildman–Crippen MR) is 126 cm³/mol. The van der Waals surface area contributed by atoms with Crippen molar-refractivity contribution >= 4 is 38.3 Å². The molecule has 158 valence electrons. The van der Waals surface area contributed by atoms with Crippen LogP contribution in [0.3, 0.4) is 0 Å². The van der Waals surface area contributed by atoms with Gasteiger partial charge in [-0.15, -0.1) is 11.3 Å². The summed E-state index contributed by atoms with van der Waals surface area (Å²) in [6, 6.07) is 13.6. The molecule has 0 aliphatic heterocycles. The number of nitrogens with zero attached hydrogens (tertiary/aromatic N) is 1. The normalized spacial score (nSPS) is 10.6. The summed E-state index contributed by atoms with van der Waals surface area (Å²) in [4.78, 5) is 16.8. The van der Waals surface area contributed by atoms with Crippen LogP contribution in [0, 0.1) is 0 Å². The van der Waals surface area contributed by atoms with Crippen molar-refractivity contribution < 1.29 is 14.3 Å². The Kier molecular flexibility index (Phi) is 8.28. The van der Waals surface area contributed by atoms with E-state index in [1.54, 1.807) is 0 Å². The molecule has 1 heterocycles. The number of aryl methyl sites for hydroxylation is 1. The van der Waals surface area contributed by atoms with Crippen molar-refractivity contribution in [3.05, 3.63) is 57.9 Å². The summed E-state index contributed by atoms with van der Waals surface area (Å²) in [5.74, 6) is 1.34. The minimum atomic E-state index is -0.236. The fraction of sp³-hybridized carbons (Fsp3) is 0.304. The molecule has 3 aromatic rings. The molecule has 1 aromatic heterocycles. The Labute approximate surface area is 189 Å². The van der Waals surface area contributed by atoms with Crippen molar-refractivity contribution in [1.29, 1.82) is 0 Å². The fourth-order valence-corrected chi connectivity index (χ4v) is 3.93. The molecule has 0 atom stereocenters. The first kappa shape index (κ1) is 22.3. The summed E-state index contributed by atoms with van der Waals surface area (Å²) < 4.78 is 12.4. The van der Waals surface area contributed by atoms with Gasteiger partial charge in [0, 0.05) is 15.4 Å². The number of anilines is 1. The van der Waals surface area contributed by atoms with Gasteiger partial charge in [-0.1, -0.05) is 36.2 Å². The minimum Gasteiger partial charge on any atom is -0.494 e. The molecule has 2 aromatic carbocycles. The first-order valence-corrected chi connectivity index (χ1v) is 11.7. The van der Waals surface area contributed by atoms with E-state index in [1.165, 1.54) is 11.3 Å². The number of unbranched alkanes of at least 4 members (excludes halogenated alkanes) is 1.